The lowest BCUT2D eigenvalue weighted by Gasteiger charge is -2.31. The molecule has 0 bridgehead atoms. The van der Waals surface area contributed by atoms with E-state index in [4.69, 9.17) is 5.11 Å². The Kier molecular flexibility index (Phi) is 7.08. The Bertz CT molecular complexity index is 458. The predicted octanol–water partition coefficient (Wildman–Crippen LogP) is 1.21. The van der Waals surface area contributed by atoms with Crippen molar-refractivity contribution in [3.8, 4) is 0 Å². The molecule has 1 saturated heterocycles. The van der Waals surface area contributed by atoms with Gasteiger partial charge in [-0.1, -0.05) is 6.92 Å². The number of aromatic nitrogens is 1. The fourth-order valence-electron chi connectivity index (χ4n) is 2.63. The van der Waals surface area contributed by atoms with Crippen LogP contribution in [0, 0.1) is 5.92 Å². The van der Waals surface area contributed by atoms with Crippen molar-refractivity contribution in [3.63, 3.8) is 0 Å². The van der Waals surface area contributed by atoms with Gasteiger partial charge in [-0.05, 0) is 38.3 Å². The van der Waals surface area contributed by atoms with E-state index in [1.165, 1.54) is 10.7 Å². The van der Waals surface area contributed by atoms with Gasteiger partial charge in [-0.15, -0.1) is 11.3 Å². The van der Waals surface area contributed by atoms with E-state index in [1.54, 1.807) is 11.3 Å². The molecule has 0 aliphatic carbocycles. The first-order valence-corrected chi connectivity index (χ1v) is 8.87. The Labute approximate surface area is 135 Å². The highest BCUT2D eigenvalue weighted by Gasteiger charge is 2.20. The van der Waals surface area contributed by atoms with Gasteiger partial charge < -0.3 is 15.7 Å². The number of piperidine rings is 1. The molecule has 1 aliphatic heterocycles. The number of hydrogen-bond acceptors (Lipinski definition) is 5. The fourth-order valence-corrected chi connectivity index (χ4v) is 3.37. The second kappa shape index (κ2) is 9.07. The molecule has 7 heteroatoms. The van der Waals surface area contributed by atoms with Crippen LogP contribution >= 0.6 is 11.3 Å². The molecule has 0 aromatic carbocycles. The molecule has 0 atom stereocenters. The summed E-state index contributed by atoms with van der Waals surface area (Å²) in [5, 5.41) is 17.5. The summed E-state index contributed by atoms with van der Waals surface area (Å²) in [5.74, 6) is 0.540. The predicted molar refractivity (Wildman–Crippen MR) is 88.0 cm³/mol. The zero-order valence-corrected chi connectivity index (χ0v) is 14.0. The number of rotatable bonds is 7. The summed E-state index contributed by atoms with van der Waals surface area (Å²) in [5.41, 5.74) is 1.18. The van der Waals surface area contributed by atoms with Crippen LogP contribution in [0.15, 0.2) is 5.38 Å². The van der Waals surface area contributed by atoms with Gasteiger partial charge in [0.2, 0.25) is 0 Å². The summed E-state index contributed by atoms with van der Waals surface area (Å²) >= 11 is 1.75. The maximum atomic E-state index is 11.4. The van der Waals surface area contributed by atoms with Crippen LogP contribution in [-0.2, 0) is 13.0 Å². The Morgan fingerprint density at radius 1 is 1.45 bits per heavy atom. The van der Waals surface area contributed by atoms with Crippen molar-refractivity contribution in [1.29, 1.82) is 0 Å². The Hall–Kier alpha value is -1.18. The van der Waals surface area contributed by atoms with E-state index >= 15 is 0 Å². The Balaban J connectivity index is 1.64. The minimum absolute atomic E-state index is 0.0256. The number of carbonyl (C=O) groups excluding carboxylic acids is 1. The monoisotopic (exact) mass is 326 g/mol. The van der Waals surface area contributed by atoms with E-state index in [0.717, 1.165) is 38.9 Å². The molecule has 0 saturated carbocycles. The van der Waals surface area contributed by atoms with Crippen LogP contribution < -0.4 is 10.6 Å². The van der Waals surface area contributed by atoms with Gasteiger partial charge in [0.05, 0.1) is 17.3 Å². The second-order valence-corrected chi connectivity index (χ2v) is 6.61. The number of carbonyl (C=O) groups is 1. The first-order chi connectivity index (χ1) is 10.7. The van der Waals surface area contributed by atoms with Gasteiger partial charge in [0.25, 0.3) is 0 Å². The maximum Gasteiger partial charge on any atom is 0.314 e. The second-order valence-electron chi connectivity index (χ2n) is 5.67. The third kappa shape index (κ3) is 5.55. The molecular weight excluding hydrogens is 300 g/mol. The van der Waals surface area contributed by atoms with Crippen molar-refractivity contribution >= 4 is 17.4 Å². The normalized spacial score (nSPS) is 16.6. The van der Waals surface area contributed by atoms with Crippen LogP contribution in [0.25, 0.3) is 0 Å². The molecule has 1 aromatic heterocycles. The molecule has 0 unspecified atom stereocenters. The lowest BCUT2D eigenvalue weighted by Crippen LogP contribution is -2.42. The molecule has 1 fully saturated rings. The topological polar surface area (TPSA) is 77.5 Å². The molecule has 124 valence electrons. The van der Waals surface area contributed by atoms with E-state index in [1.807, 2.05) is 0 Å². The smallest absolute Gasteiger partial charge is 0.314 e. The van der Waals surface area contributed by atoms with E-state index < -0.39 is 0 Å². The van der Waals surface area contributed by atoms with Crippen LogP contribution in [0.3, 0.4) is 0 Å². The first kappa shape index (κ1) is 17.2. The van der Waals surface area contributed by atoms with Gasteiger partial charge in [-0.3, -0.25) is 4.90 Å². The lowest BCUT2D eigenvalue weighted by molar-refractivity contribution is 0.173. The standard InChI is InChI=1S/C15H26N4O2S/c1-2-14-18-13(11-22-14)10-19-6-3-12(4-7-19)9-17-15(21)16-5-8-20/h11-12,20H,2-10H2,1H3,(H2,16,17,21). The van der Waals surface area contributed by atoms with Crippen molar-refractivity contribution < 1.29 is 9.90 Å². The highest BCUT2D eigenvalue weighted by molar-refractivity contribution is 7.09. The molecular formula is C15H26N4O2S. The molecule has 6 nitrogen and oxygen atoms in total. The number of aliphatic hydroxyl groups is 1. The van der Waals surface area contributed by atoms with Gasteiger partial charge in [-0.25, -0.2) is 9.78 Å². The van der Waals surface area contributed by atoms with Crippen molar-refractivity contribution in [1.82, 2.24) is 20.5 Å². The van der Waals surface area contributed by atoms with E-state index in [2.05, 4.69) is 32.8 Å². The molecule has 0 spiro atoms. The highest BCUT2D eigenvalue weighted by Crippen LogP contribution is 2.19. The Morgan fingerprint density at radius 2 is 2.23 bits per heavy atom. The number of amides is 2. The van der Waals surface area contributed by atoms with Crippen molar-refractivity contribution in [2.75, 3.05) is 32.8 Å². The zero-order valence-electron chi connectivity index (χ0n) is 13.2. The number of aryl methyl sites for hydroxylation is 1. The Morgan fingerprint density at radius 3 is 2.86 bits per heavy atom. The molecule has 22 heavy (non-hydrogen) atoms. The van der Waals surface area contributed by atoms with E-state index in [9.17, 15) is 4.79 Å². The van der Waals surface area contributed by atoms with Crippen molar-refractivity contribution in [3.05, 3.63) is 16.1 Å². The van der Waals surface area contributed by atoms with Gasteiger partial charge in [0.1, 0.15) is 0 Å². The third-order valence-electron chi connectivity index (χ3n) is 3.94. The number of thiazole rings is 1. The summed E-state index contributed by atoms with van der Waals surface area (Å²) < 4.78 is 0. The molecule has 1 aliphatic rings. The maximum absolute atomic E-state index is 11.4. The van der Waals surface area contributed by atoms with Gasteiger partial charge in [-0.2, -0.15) is 0 Å². The zero-order chi connectivity index (χ0) is 15.8. The van der Waals surface area contributed by atoms with Crippen LogP contribution in [0.5, 0.6) is 0 Å². The quantitative estimate of drug-likeness (QED) is 0.704. The van der Waals surface area contributed by atoms with Gasteiger partial charge in [0.15, 0.2) is 0 Å². The lowest BCUT2D eigenvalue weighted by atomic mass is 9.97. The summed E-state index contributed by atoms with van der Waals surface area (Å²) in [6.45, 7) is 6.18. The molecule has 0 radical (unpaired) electrons. The minimum atomic E-state index is -0.189. The summed E-state index contributed by atoms with van der Waals surface area (Å²) in [4.78, 5) is 18.5. The number of nitrogens with one attached hydrogen (secondary N) is 2. The number of urea groups is 1. The van der Waals surface area contributed by atoms with Crippen molar-refractivity contribution in [2.45, 2.75) is 32.7 Å². The number of hydrogen-bond donors (Lipinski definition) is 3. The van der Waals surface area contributed by atoms with Crippen molar-refractivity contribution in [2.24, 2.45) is 5.92 Å². The number of likely N-dealkylation sites (tertiary alicyclic amines) is 1. The largest absolute Gasteiger partial charge is 0.395 e. The highest BCUT2D eigenvalue weighted by atomic mass is 32.1. The molecule has 1 aromatic rings. The summed E-state index contributed by atoms with van der Waals surface area (Å²) in [7, 11) is 0. The fraction of sp³-hybridized carbons (Fsp3) is 0.733. The third-order valence-corrected chi connectivity index (χ3v) is 4.99. The molecule has 2 amide bonds. The van der Waals surface area contributed by atoms with Gasteiger partial charge >= 0.3 is 6.03 Å². The van der Waals surface area contributed by atoms with Crippen LogP contribution in [-0.4, -0.2) is 53.8 Å². The van der Waals surface area contributed by atoms with E-state index in [-0.39, 0.29) is 12.6 Å². The molecule has 3 N–H and O–H groups in total. The average Bonchev–Trinajstić information content (AvgIpc) is 3.00. The van der Waals surface area contributed by atoms with Gasteiger partial charge in [0, 0.05) is 25.0 Å². The molecule has 2 heterocycles. The minimum Gasteiger partial charge on any atom is -0.395 e. The SMILES string of the molecule is CCc1nc(CN2CCC(CNC(=O)NCCO)CC2)cs1. The van der Waals surface area contributed by atoms with E-state index in [0.29, 0.717) is 19.0 Å². The average molecular weight is 326 g/mol. The van der Waals surface area contributed by atoms with Crippen LogP contribution in [0.4, 0.5) is 4.79 Å². The summed E-state index contributed by atoms with van der Waals surface area (Å²) in [6, 6.07) is -0.189. The number of aliphatic hydroxyl groups excluding tert-OH is 1. The van der Waals surface area contributed by atoms with Crippen LogP contribution in [0.2, 0.25) is 0 Å². The first-order valence-electron chi connectivity index (χ1n) is 7.99. The molecule has 2 rings (SSSR count). The summed E-state index contributed by atoms with van der Waals surface area (Å²) in [6.07, 6.45) is 3.22. The van der Waals surface area contributed by atoms with Crippen LogP contribution in [0.1, 0.15) is 30.5 Å². The number of nitrogens with zero attached hydrogens (tertiary/aromatic N) is 2.